The highest BCUT2D eigenvalue weighted by atomic mass is 35.5. The molecule has 0 saturated heterocycles. The van der Waals surface area contributed by atoms with Crippen molar-refractivity contribution in [3.8, 4) is 5.75 Å². The first-order valence-electron chi connectivity index (χ1n) is 7.88. The number of rotatable bonds is 5. The minimum Gasteiger partial charge on any atom is -0.495 e. The normalized spacial score (nSPS) is 10.3. The molecule has 0 aliphatic carbocycles. The molecule has 26 heavy (non-hydrogen) atoms. The van der Waals surface area contributed by atoms with E-state index in [0.29, 0.717) is 22.3 Å². The summed E-state index contributed by atoms with van der Waals surface area (Å²) in [5.74, 6) is 0.723. The lowest BCUT2D eigenvalue weighted by Crippen LogP contribution is -2.14. The second kappa shape index (κ2) is 7.84. The number of benzene rings is 2. The fourth-order valence-corrected chi connectivity index (χ4v) is 2.57. The van der Waals surface area contributed by atoms with Crippen molar-refractivity contribution in [1.82, 2.24) is 10.2 Å². The monoisotopic (exact) mass is 368 g/mol. The highest BCUT2D eigenvalue weighted by molar-refractivity contribution is 6.32. The number of ether oxygens (including phenoxy) is 1. The Bertz CT molecular complexity index is 929. The van der Waals surface area contributed by atoms with Crippen LogP contribution in [-0.2, 0) is 0 Å². The van der Waals surface area contributed by atoms with Crippen molar-refractivity contribution in [3.63, 3.8) is 0 Å². The number of amides is 1. The van der Waals surface area contributed by atoms with Gasteiger partial charge in [0.25, 0.3) is 5.91 Å². The number of aromatic nitrogens is 2. The van der Waals surface area contributed by atoms with Gasteiger partial charge in [-0.3, -0.25) is 4.79 Å². The highest BCUT2D eigenvalue weighted by Crippen LogP contribution is 2.27. The van der Waals surface area contributed by atoms with Gasteiger partial charge in [0.2, 0.25) is 0 Å². The third kappa shape index (κ3) is 4.10. The minimum atomic E-state index is -0.374. The van der Waals surface area contributed by atoms with Crippen LogP contribution in [0.1, 0.15) is 16.1 Å². The maximum Gasteiger partial charge on any atom is 0.276 e. The zero-order valence-electron chi connectivity index (χ0n) is 14.3. The highest BCUT2D eigenvalue weighted by Gasteiger charge is 2.10. The molecular formula is C19H17ClN4O2. The topological polar surface area (TPSA) is 76.1 Å². The number of halogens is 1. The number of hydrogen-bond donors (Lipinski definition) is 2. The maximum absolute atomic E-state index is 12.3. The number of para-hydroxylation sites is 1. The van der Waals surface area contributed by atoms with Gasteiger partial charge in [-0.1, -0.05) is 29.8 Å². The molecule has 0 atom stereocenters. The molecule has 7 heteroatoms. The van der Waals surface area contributed by atoms with E-state index in [2.05, 4.69) is 20.8 Å². The number of nitrogens with one attached hydrogen (secondary N) is 2. The van der Waals surface area contributed by atoms with Gasteiger partial charge in [-0.2, -0.15) is 0 Å². The molecule has 0 saturated carbocycles. The van der Waals surface area contributed by atoms with Crippen molar-refractivity contribution in [2.75, 3.05) is 17.7 Å². The Balaban J connectivity index is 1.69. The predicted molar refractivity (Wildman–Crippen MR) is 102 cm³/mol. The van der Waals surface area contributed by atoms with Crippen molar-refractivity contribution >= 4 is 34.7 Å². The van der Waals surface area contributed by atoms with Gasteiger partial charge >= 0.3 is 0 Å². The molecule has 0 unspecified atom stereocenters. The van der Waals surface area contributed by atoms with Crippen LogP contribution in [-0.4, -0.2) is 23.2 Å². The molecule has 0 fully saturated rings. The summed E-state index contributed by atoms with van der Waals surface area (Å²) in [6, 6.07) is 16.1. The molecule has 0 aliphatic rings. The third-order valence-corrected chi connectivity index (χ3v) is 4.01. The van der Waals surface area contributed by atoms with Gasteiger partial charge in [0.1, 0.15) is 5.75 Å². The predicted octanol–water partition coefficient (Wildman–Crippen LogP) is 4.44. The second-order valence-electron chi connectivity index (χ2n) is 5.55. The Morgan fingerprint density at radius 3 is 2.54 bits per heavy atom. The fourth-order valence-electron chi connectivity index (χ4n) is 2.31. The Morgan fingerprint density at radius 1 is 1.08 bits per heavy atom. The van der Waals surface area contributed by atoms with Gasteiger partial charge < -0.3 is 15.4 Å². The van der Waals surface area contributed by atoms with E-state index in [4.69, 9.17) is 16.3 Å². The molecule has 1 heterocycles. The average Bonchev–Trinajstić information content (AvgIpc) is 2.64. The first kappa shape index (κ1) is 17.7. The van der Waals surface area contributed by atoms with Crippen LogP contribution >= 0.6 is 11.6 Å². The number of hydrogen-bond acceptors (Lipinski definition) is 5. The van der Waals surface area contributed by atoms with Gasteiger partial charge in [0.15, 0.2) is 11.5 Å². The summed E-state index contributed by atoms with van der Waals surface area (Å²) in [5.41, 5.74) is 2.77. The lowest BCUT2D eigenvalue weighted by atomic mass is 10.2. The maximum atomic E-state index is 12.3. The number of aryl methyl sites for hydroxylation is 1. The Hall–Kier alpha value is -3.12. The molecule has 3 aromatic rings. The fraction of sp³-hybridized carbons (Fsp3) is 0.105. The van der Waals surface area contributed by atoms with E-state index in [9.17, 15) is 4.79 Å². The third-order valence-electron chi connectivity index (χ3n) is 3.71. The van der Waals surface area contributed by atoms with E-state index < -0.39 is 0 Å². The average molecular weight is 369 g/mol. The molecule has 1 aromatic heterocycles. The zero-order chi connectivity index (χ0) is 18.5. The quantitative estimate of drug-likeness (QED) is 0.696. The molecule has 0 spiro atoms. The van der Waals surface area contributed by atoms with Crippen molar-refractivity contribution in [1.29, 1.82) is 0 Å². The minimum absolute atomic E-state index is 0.201. The van der Waals surface area contributed by atoms with Crippen LogP contribution in [0.25, 0.3) is 0 Å². The van der Waals surface area contributed by atoms with E-state index in [0.717, 1.165) is 11.3 Å². The smallest absolute Gasteiger partial charge is 0.276 e. The van der Waals surface area contributed by atoms with Crippen molar-refractivity contribution in [2.45, 2.75) is 6.92 Å². The SMILES string of the molecule is COc1ccc(NC(=O)c2ccc(Nc3ccccc3C)nn2)cc1Cl. The van der Waals surface area contributed by atoms with Crippen LogP contribution in [0, 0.1) is 6.92 Å². The Kier molecular flexibility index (Phi) is 5.34. The van der Waals surface area contributed by atoms with E-state index in [-0.39, 0.29) is 11.6 Å². The molecule has 0 bridgehead atoms. The van der Waals surface area contributed by atoms with Crippen LogP contribution in [0.15, 0.2) is 54.6 Å². The standard InChI is InChI=1S/C19H17ClN4O2/c1-12-5-3-4-6-15(12)22-18-10-8-16(23-24-18)19(25)21-13-7-9-17(26-2)14(20)11-13/h3-11H,1-2H3,(H,21,25)(H,22,24). The largest absolute Gasteiger partial charge is 0.495 e. The van der Waals surface area contributed by atoms with Gasteiger partial charge in [-0.05, 0) is 48.9 Å². The van der Waals surface area contributed by atoms with Crippen LogP contribution in [0.2, 0.25) is 5.02 Å². The van der Waals surface area contributed by atoms with E-state index >= 15 is 0 Å². The number of carbonyl (C=O) groups is 1. The van der Waals surface area contributed by atoms with E-state index in [1.807, 2.05) is 31.2 Å². The molecule has 0 aliphatic heterocycles. The van der Waals surface area contributed by atoms with Gasteiger partial charge in [-0.15, -0.1) is 10.2 Å². The molecule has 0 radical (unpaired) electrons. The molecule has 6 nitrogen and oxygen atoms in total. The van der Waals surface area contributed by atoms with Crippen LogP contribution in [0.4, 0.5) is 17.2 Å². The lowest BCUT2D eigenvalue weighted by Gasteiger charge is -2.09. The molecule has 132 valence electrons. The molecular weight excluding hydrogens is 352 g/mol. The van der Waals surface area contributed by atoms with Gasteiger partial charge in [0, 0.05) is 11.4 Å². The van der Waals surface area contributed by atoms with Crippen molar-refractivity contribution in [3.05, 3.63) is 70.9 Å². The number of anilines is 3. The van der Waals surface area contributed by atoms with Gasteiger partial charge in [0.05, 0.1) is 12.1 Å². The molecule has 2 aromatic carbocycles. The van der Waals surface area contributed by atoms with Crippen molar-refractivity contribution in [2.24, 2.45) is 0 Å². The van der Waals surface area contributed by atoms with Crippen LogP contribution in [0.5, 0.6) is 5.75 Å². The summed E-state index contributed by atoms with van der Waals surface area (Å²) in [7, 11) is 1.53. The number of methoxy groups -OCH3 is 1. The summed E-state index contributed by atoms with van der Waals surface area (Å²) < 4.78 is 5.09. The number of carbonyl (C=O) groups excluding carboxylic acids is 1. The van der Waals surface area contributed by atoms with Crippen LogP contribution < -0.4 is 15.4 Å². The van der Waals surface area contributed by atoms with E-state index in [1.165, 1.54) is 7.11 Å². The Morgan fingerprint density at radius 2 is 1.88 bits per heavy atom. The first-order chi connectivity index (χ1) is 12.6. The molecule has 1 amide bonds. The summed E-state index contributed by atoms with van der Waals surface area (Å²) in [5, 5.41) is 14.3. The lowest BCUT2D eigenvalue weighted by molar-refractivity contribution is 0.102. The molecule has 3 rings (SSSR count). The Labute approximate surface area is 156 Å². The summed E-state index contributed by atoms with van der Waals surface area (Å²) in [6.07, 6.45) is 0. The molecule has 2 N–H and O–H groups in total. The van der Waals surface area contributed by atoms with E-state index in [1.54, 1.807) is 30.3 Å². The van der Waals surface area contributed by atoms with Gasteiger partial charge in [-0.25, -0.2) is 0 Å². The summed E-state index contributed by atoms with van der Waals surface area (Å²) >= 11 is 6.06. The summed E-state index contributed by atoms with van der Waals surface area (Å²) in [6.45, 7) is 2.00. The summed E-state index contributed by atoms with van der Waals surface area (Å²) in [4.78, 5) is 12.3. The first-order valence-corrected chi connectivity index (χ1v) is 8.26. The zero-order valence-corrected chi connectivity index (χ0v) is 15.0. The second-order valence-corrected chi connectivity index (χ2v) is 5.95. The van der Waals surface area contributed by atoms with Crippen molar-refractivity contribution < 1.29 is 9.53 Å². The number of nitrogens with zero attached hydrogens (tertiary/aromatic N) is 2. The van der Waals surface area contributed by atoms with Crippen LogP contribution in [0.3, 0.4) is 0 Å².